The van der Waals surface area contributed by atoms with E-state index in [2.05, 4.69) is 10.6 Å². The summed E-state index contributed by atoms with van der Waals surface area (Å²) in [6.07, 6.45) is -4.48. The van der Waals surface area contributed by atoms with Gasteiger partial charge in [0.25, 0.3) is 0 Å². The van der Waals surface area contributed by atoms with Gasteiger partial charge in [-0.05, 0) is 42.5 Å². The average Bonchev–Trinajstić information content (AvgIpc) is 2.42. The number of para-hydroxylation sites is 1. The molecular formula is C14H9Cl2F3N2S. The molecule has 0 aliphatic rings. The zero-order valence-electron chi connectivity index (χ0n) is 10.8. The molecule has 2 aromatic rings. The van der Waals surface area contributed by atoms with Crippen LogP contribution in [0.5, 0.6) is 0 Å². The highest BCUT2D eigenvalue weighted by atomic mass is 35.5. The van der Waals surface area contributed by atoms with Gasteiger partial charge in [-0.3, -0.25) is 0 Å². The van der Waals surface area contributed by atoms with Crippen molar-refractivity contribution < 1.29 is 13.2 Å². The molecule has 2 nitrogen and oxygen atoms in total. The Kier molecular flexibility index (Phi) is 5.16. The van der Waals surface area contributed by atoms with Crippen LogP contribution in [0.2, 0.25) is 10.0 Å². The van der Waals surface area contributed by atoms with Crippen LogP contribution < -0.4 is 10.6 Å². The van der Waals surface area contributed by atoms with E-state index in [1.165, 1.54) is 24.3 Å². The Morgan fingerprint density at radius 3 is 2.27 bits per heavy atom. The molecule has 0 heterocycles. The lowest BCUT2D eigenvalue weighted by atomic mass is 10.1. The van der Waals surface area contributed by atoms with Crippen molar-refractivity contribution >= 4 is 51.9 Å². The predicted molar refractivity (Wildman–Crippen MR) is 87.7 cm³/mol. The van der Waals surface area contributed by atoms with Gasteiger partial charge < -0.3 is 10.6 Å². The van der Waals surface area contributed by atoms with Gasteiger partial charge in [-0.2, -0.15) is 13.2 Å². The molecule has 2 rings (SSSR count). The summed E-state index contributed by atoms with van der Waals surface area (Å²) >= 11 is 16.8. The average molecular weight is 365 g/mol. The third-order valence-electron chi connectivity index (χ3n) is 2.66. The normalized spacial score (nSPS) is 11.1. The minimum atomic E-state index is -4.48. The van der Waals surface area contributed by atoms with E-state index in [9.17, 15) is 13.2 Å². The second-order valence-electron chi connectivity index (χ2n) is 4.25. The standard InChI is InChI=1S/C14H9Cl2F3N2S/c15-8-5-6-10(16)12(7-8)21-13(22)20-11-4-2-1-3-9(11)14(17,18)19/h1-7H,(H2,20,21,22). The lowest BCUT2D eigenvalue weighted by molar-refractivity contribution is -0.136. The van der Waals surface area contributed by atoms with Crippen LogP contribution in [0.15, 0.2) is 42.5 Å². The van der Waals surface area contributed by atoms with Crippen LogP contribution in [-0.2, 0) is 6.18 Å². The van der Waals surface area contributed by atoms with E-state index in [1.54, 1.807) is 12.1 Å². The lowest BCUT2D eigenvalue weighted by Crippen LogP contribution is -2.21. The molecule has 0 unspecified atom stereocenters. The van der Waals surface area contributed by atoms with Crippen molar-refractivity contribution in [1.82, 2.24) is 0 Å². The summed E-state index contributed by atoms with van der Waals surface area (Å²) in [5.74, 6) is 0. The Labute approximate surface area is 140 Å². The maximum Gasteiger partial charge on any atom is 0.418 e. The van der Waals surface area contributed by atoms with Crippen LogP contribution >= 0.6 is 35.4 Å². The van der Waals surface area contributed by atoms with Gasteiger partial charge in [0.05, 0.1) is 22.0 Å². The summed E-state index contributed by atoms with van der Waals surface area (Å²) in [6.45, 7) is 0. The van der Waals surface area contributed by atoms with Crippen LogP contribution in [0.3, 0.4) is 0 Å². The molecule has 0 aliphatic heterocycles. The van der Waals surface area contributed by atoms with Gasteiger partial charge >= 0.3 is 6.18 Å². The quantitative estimate of drug-likeness (QED) is 0.656. The summed E-state index contributed by atoms with van der Waals surface area (Å²) < 4.78 is 38.7. The van der Waals surface area contributed by atoms with E-state index in [-0.39, 0.29) is 10.8 Å². The topological polar surface area (TPSA) is 24.1 Å². The van der Waals surface area contributed by atoms with Crippen LogP contribution in [0.25, 0.3) is 0 Å². The van der Waals surface area contributed by atoms with Crippen molar-refractivity contribution in [2.24, 2.45) is 0 Å². The molecule has 2 aromatic carbocycles. The first-order valence-electron chi connectivity index (χ1n) is 5.96. The minimum absolute atomic E-state index is 0.0270. The molecule has 0 spiro atoms. The van der Waals surface area contributed by atoms with Crippen molar-refractivity contribution in [3.05, 3.63) is 58.1 Å². The predicted octanol–water partition coefficient (Wildman–Crippen LogP) is 5.82. The van der Waals surface area contributed by atoms with Crippen LogP contribution in [0.1, 0.15) is 5.56 Å². The second kappa shape index (κ2) is 6.73. The third kappa shape index (κ3) is 4.25. The van der Waals surface area contributed by atoms with E-state index < -0.39 is 11.7 Å². The molecule has 0 saturated carbocycles. The zero-order chi connectivity index (χ0) is 16.3. The van der Waals surface area contributed by atoms with Gasteiger partial charge in [-0.15, -0.1) is 0 Å². The highest BCUT2D eigenvalue weighted by Crippen LogP contribution is 2.34. The largest absolute Gasteiger partial charge is 0.418 e. The molecule has 2 N–H and O–H groups in total. The third-order valence-corrected chi connectivity index (χ3v) is 3.43. The second-order valence-corrected chi connectivity index (χ2v) is 5.50. The fraction of sp³-hybridized carbons (Fsp3) is 0.0714. The fourth-order valence-corrected chi connectivity index (χ4v) is 2.27. The van der Waals surface area contributed by atoms with Gasteiger partial charge in [0.1, 0.15) is 0 Å². The Bertz CT molecular complexity index is 705. The number of hydrogen-bond acceptors (Lipinski definition) is 1. The SMILES string of the molecule is FC(F)(F)c1ccccc1NC(=S)Nc1cc(Cl)ccc1Cl. The summed E-state index contributed by atoms with van der Waals surface area (Å²) in [7, 11) is 0. The van der Waals surface area contributed by atoms with Gasteiger partial charge in [0.15, 0.2) is 5.11 Å². The van der Waals surface area contributed by atoms with Crippen molar-refractivity contribution in [3.8, 4) is 0 Å². The summed E-state index contributed by atoms with van der Waals surface area (Å²) in [5, 5.41) is 5.97. The smallest absolute Gasteiger partial charge is 0.332 e. The number of thiocarbonyl (C=S) groups is 1. The highest BCUT2D eigenvalue weighted by molar-refractivity contribution is 7.80. The molecule has 116 valence electrons. The van der Waals surface area contributed by atoms with Gasteiger partial charge in [-0.1, -0.05) is 35.3 Å². The lowest BCUT2D eigenvalue weighted by Gasteiger charge is -2.16. The number of benzene rings is 2. The van der Waals surface area contributed by atoms with Gasteiger partial charge in [-0.25, -0.2) is 0 Å². The van der Waals surface area contributed by atoms with E-state index in [4.69, 9.17) is 35.4 Å². The van der Waals surface area contributed by atoms with Crippen molar-refractivity contribution in [3.63, 3.8) is 0 Å². The fourth-order valence-electron chi connectivity index (χ4n) is 1.71. The summed E-state index contributed by atoms with van der Waals surface area (Å²) in [5.41, 5.74) is -0.557. The minimum Gasteiger partial charge on any atom is -0.332 e. The Morgan fingerprint density at radius 1 is 0.955 bits per heavy atom. The summed E-state index contributed by atoms with van der Waals surface area (Å²) in [4.78, 5) is 0. The maximum absolute atomic E-state index is 12.9. The van der Waals surface area contributed by atoms with Gasteiger partial charge in [0.2, 0.25) is 0 Å². The number of halogens is 5. The van der Waals surface area contributed by atoms with E-state index in [0.29, 0.717) is 15.7 Å². The number of hydrogen-bond donors (Lipinski definition) is 2. The molecule has 22 heavy (non-hydrogen) atoms. The maximum atomic E-state index is 12.9. The molecule has 0 fully saturated rings. The monoisotopic (exact) mass is 364 g/mol. The van der Waals surface area contributed by atoms with E-state index in [1.807, 2.05) is 0 Å². The van der Waals surface area contributed by atoms with Crippen LogP contribution in [0, 0.1) is 0 Å². The molecule has 8 heteroatoms. The molecular weight excluding hydrogens is 356 g/mol. The van der Waals surface area contributed by atoms with E-state index in [0.717, 1.165) is 6.07 Å². The Balaban J connectivity index is 2.18. The number of rotatable bonds is 2. The Morgan fingerprint density at radius 2 is 1.59 bits per heavy atom. The summed E-state index contributed by atoms with van der Waals surface area (Å²) in [6, 6.07) is 9.70. The molecule has 0 bridgehead atoms. The Hall–Kier alpha value is -1.50. The van der Waals surface area contributed by atoms with E-state index >= 15 is 0 Å². The van der Waals surface area contributed by atoms with Crippen LogP contribution in [0.4, 0.5) is 24.5 Å². The molecule has 0 aliphatic carbocycles. The number of anilines is 2. The molecule has 0 radical (unpaired) electrons. The molecule has 0 aromatic heterocycles. The van der Waals surface area contributed by atoms with Crippen molar-refractivity contribution in [2.45, 2.75) is 6.18 Å². The van der Waals surface area contributed by atoms with Crippen LogP contribution in [-0.4, -0.2) is 5.11 Å². The number of alkyl halides is 3. The van der Waals surface area contributed by atoms with Crippen molar-refractivity contribution in [2.75, 3.05) is 10.6 Å². The van der Waals surface area contributed by atoms with Gasteiger partial charge in [0, 0.05) is 5.02 Å². The molecule has 0 atom stereocenters. The molecule has 0 saturated heterocycles. The molecule has 0 amide bonds. The first-order chi connectivity index (χ1) is 10.3. The number of nitrogens with one attached hydrogen (secondary N) is 2. The van der Waals surface area contributed by atoms with Crippen molar-refractivity contribution in [1.29, 1.82) is 0 Å². The first-order valence-corrected chi connectivity index (χ1v) is 7.13. The zero-order valence-corrected chi connectivity index (χ0v) is 13.2. The first kappa shape index (κ1) is 16.9. The highest BCUT2D eigenvalue weighted by Gasteiger charge is 2.33.